The van der Waals surface area contributed by atoms with E-state index in [1.165, 1.54) is 25.9 Å². The molecule has 0 aromatic rings. The molecule has 2 rings (SSSR count). The molecule has 3 heteroatoms. The van der Waals surface area contributed by atoms with E-state index in [9.17, 15) is 0 Å². The molecule has 0 aliphatic carbocycles. The van der Waals surface area contributed by atoms with Crippen molar-refractivity contribution in [2.45, 2.75) is 57.9 Å². The number of hydrogen-bond donors (Lipinski definition) is 1. The Kier molecular flexibility index (Phi) is 3.65. The predicted octanol–water partition coefficient (Wildman–Crippen LogP) is 1.24. The molecule has 3 atom stereocenters. The van der Waals surface area contributed by atoms with E-state index in [0.717, 1.165) is 12.6 Å². The Bertz CT molecular complexity index is 200. The first-order valence-corrected chi connectivity index (χ1v) is 6.28. The summed E-state index contributed by atoms with van der Waals surface area (Å²) < 4.78 is 5.79. The van der Waals surface area contributed by atoms with Gasteiger partial charge >= 0.3 is 0 Å². The van der Waals surface area contributed by atoms with Crippen molar-refractivity contribution in [2.24, 2.45) is 0 Å². The first-order chi connectivity index (χ1) is 7.15. The lowest BCUT2D eigenvalue weighted by Gasteiger charge is -2.42. The van der Waals surface area contributed by atoms with Crippen molar-refractivity contribution in [3.05, 3.63) is 0 Å². The summed E-state index contributed by atoms with van der Waals surface area (Å²) in [6, 6.07) is 1.39. The topological polar surface area (TPSA) is 24.5 Å². The highest BCUT2D eigenvalue weighted by Crippen LogP contribution is 2.24. The molecule has 2 heterocycles. The van der Waals surface area contributed by atoms with E-state index in [2.05, 4.69) is 31.0 Å². The second kappa shape index (κ2) is 4.81. The van der Waals surface area contributed by atoms with Crippen molar-refractivity contribution < 1.29 is 4.74 Å². The first-order valence-electron chi connectivity index (χ1n) is 6.28. The summed E-state index contributed by atoms with van der Waals surface area (Å²) >= 11 is 0. The number of hydrogen-bond acceptors (Lipinski definition) is 3. The Labute approximate surface area is 93.2 Å². The fraction of sp³-hybridized carbons (Fsp3) is 1.00. The van der Waals surface area contributed by atoms with E-state index in [1.807, 2.05) is 0 Å². The molecule has 3 nitrogen and oxygen atoms in total. The van der Waals surface area contributed by atoms with Crippen LogP contribution in [0.2, 0.25) is 0 Å². The van der Waals surface area contributed by atoms with Crippen LogP contribution >= 0.6 is 0 Å². The summed E-state index contributed by atoms with van der Waals surface area (Å²) in [6.07, 6.45) is 3.28. The Morgan fingerprint density at radius 3 is 2.40 bits per heavy atom. The van der Waals surface area contributed by atoms with Gasteiger partial charge in [-0.1, -0.05) is 0 Å². The fourth-order valence-electron chi connectivity index (χ4n) is 2.96. The Morgan fingerprint density at radius 1 is 1.13 bits per heavy atom. The van der Waals surface area contributed by atoms with Gasteiger partial charge in [0, 0.05) is 31.7 Å². The van der Waals surface area contributed by atoms with Crippen LogP contribution in [-0.4, -0.2) is 48.8 Å². The minimum Gasteiger partial charge on any atom is -0.375 e. The highest BCUT2D eigenvalue weighted by molar-refractivity contribution is 4.85. The summed E-state index contributed by atoms with van der Waals surface area (Å²) in [4.78, 5) is 2.65. The van der Waals surface area contributed by atoms with Crippen LogP contribution in [0.3, 0.4) is 0 Å². The molecular formula is C12H24N2O. The van der Waals surface area contributed by atoms with Crippen molar-refractivity contribution in [2.75, 3.05) is 19.6 Å². The SMILES string of the molecule is CC1CN(C2CC(C)OC(C)C2)CCN1. The summed E-state index contributed by atoms with van der Waals surface area (Å²) in [5.74, 6) is 0. The molecule has 0 aromatic carbocycles. The molecule has 0 radical (unpaired) electrons. The Morgan fingerprint density at radius 2 is 1.80 bits per heavy atom. The molecule has 88 valence electrons. The molecule has 2 aliphatic rings. The van der Waals surface area contributed by atoms with E-state index in [-0.39, 0.29) is 0 Å². The maximum absolute atomic E-state index is 5.79. The van der Waals surface area contributed by atoms with Crippen LogP contribution in [0, 0.1) is 0 Å². The molecule has 0 bridgehead atoms. The molecule has 1 N–H and O–H groups in total. The molecule has 0 aromatic heterocycles. The van der Waals surface area contributed by atoms with Gasteiger partial charge in [0.1, 0.15) is 0 Å². The highest BCUT2D eigenvalue weighted by Gasteiger charge is 2.30. The molecule has 2 saturated heterocycles. The lowest BCUT2D eigenvalue weighted by molar-refractivity contribution is -0.0684. The Hall–Kier alpha value is -0.120. The van der Waals surface area contributed by atoms with E-state index in [0.29, 0.717) is 18.2 Å². The molecule has 0 amide bonds. The number of nitrogens with one attached hydrogen (secondary N) is 1. The van der Waals surface area contributed by atoms with Gasteiger partial charge in [-0.2, -0.15) is 0 Å². The third kappa shape index (κ3) is 2.92. The standard InChI is InChI=1S/C12H24N2O/c1-9-8-14(5-4-13-9)12-6-10(2)15-11(3)7-12/h9-13H,4-8H2,1-3H3. The van der Waals surface area contributed by atoms with Crippen molar-refractivity contribution in [3.63, 3.8) is 0 Å². The molecule has 0 saturated carbocycles. The lowest BCUT2D eigenvalue weighted by Crippen LogP contribution is -2.55. The number of piperazine rings is 1. The molecule has 2 fully saturated rings. The van der Waals surface area contributed by atoms with Crippen LogP contribution < -0.4 is 5.32 Å². The van der Waals surface area contributed by atoms with Crippen LogP contribution in [0.5, 0.6) is 0 Å². The minimum atomic E-state index is 0.434. The first kappa shape index (κ1) is 11.4. The van der Waals surface area contributed by atoms with Crippen molar-refractivity contribution in [3.8, 4) is 0 Å². The number of rotatable bonds is 1. The van der Waals surface area contributed by atoms with Gasteiger partial charge in [0.25, 0.3) is 0 Å². The van der Waals surface area contributed by atoms with Gasteiger partial charge in [0.05, 0.1) is 12.2 Å². The van der Waals surface area contributed by atoms with Gasteiger partial charge in [0.2, 0.25) is 0 Å². The van der Waals surface area contributed by atoms with Crippen molar-refractivity contribution in [1.82, 2.24) is 10.2 Å². The molecule has 0 spiro atoms. The van der Waals surface area contributed by atoms with Crippen LogP contribution in [-0.2, 0) is 4.74 Å². The lowest BCUT2D eigenvalue weighted by atomic mass is 9.97. The van der Waals surface area contributed by atoms with Crippen molar-refractivity contribution >= 4 is 0 Å². The molecule has 15 heavy (non-hydrogen) atoms. The zero-order valence-electron chi connectivity index (χ0n) is 10.2. The summed E-state index contributed by atoms with van der Waals surface area (Å²) in [6.45, 7) is 10.2. The van der Waals surface area contributed by atoms with Gasteiger partial charge in [-0.3, -0.25) is 4.90 Å². The van der Waals surface area contributed by atoms with Crippen LogP contribution in [0.15, 0.2) is 0 Å². The summed E-state index contributed by atoms with van der Waals surface area (Å²) in [7, 11) is 0. The van der Waals surface area contributed by atoms with E-state index in [1.54, 1.807) is 0 Å². The van der Waals surface area contributed by atoms with Gasteiger partial charge in [0.15, 0.2) is 0 Å². The largest absolute Gasteiger partial charge is 0.375 e. The van der Waals surface area contributed by atoms with Crippen LogP contribution in [0.25, 0.3) is 0 Å². The van der Waals surface area contributed by atoms with E-state index < -0.39 is 0 Å². The second-order valence-corrected chi connectivity index (χ2v) is 5.23. The Balaban J connectivity index is 1.91. The average Bonchev–Trinajstić information content (AvgIpc) is 2.16. The highest BCUT2D eigenvalue weighted by atomic mass is 16.5. The van der Waals surface area contributed by atoms with Crippen LogP contribution in [0.1, 0.15) is 33.6 Å². The molecular weight excluding hydrogens is 188 g/mol. The smallest absolute Gasteiger partial charge is 0.0565 e. The minimum absolute atomic E-state index is 0.434. The molecule has 2 aliphatic heterocycles. The third-order valence-electron chi connectivity index (χ3n) is 3.59. The zero-order valence-corrected chi connectivity index (χ0v) is 10.2. The second-order valence-electron chi connectivity index (χ2n) is 5.23. The van der Waals surface area contributed by atoms with E-state index in [4.69, 9.17) is 4.74 Å². The maximum Gasteiger partial charge on any atom is 0.0565 e. The number of nitrogens with zero attached hydrogens (tertiary/aromatic N) is 1. The summed E-state index contributed by atoms with van der Waals surface area (Å²) in [5, 5.41) is 3.50. The third-order valence-corrected chi connectivity index (χ3v) is 3.59. The monoisotopic (exact) mass is 212 g/mol. The summed E-state index contributed by atoms with van der Waals surface area (Å²) in [5.41, 5.74) is 0. The predicted molar refractivity (Wildman–Crippen MR) is 62.1 cm³/mol. The quantitative estimate of drug-likeness (QED) is 0.707. The van der Waals surface area contributed by atoms with Gasteiger partial charge < -0.3 is 10.1 Å². The fourth-order valence-corrected chi connectivity index (χ4v) is 2.96. The van der Waals surface area contributed by atoms with Gasteiger partial charge in [-0.15, -0.1) is 0 Å². The van der Waals surface area contributed by atoms with Gasteiger partial charge in [-0.05, 0) is 33.6 Å². The van der Waals surface area contributed by atoms with Crippen molar-refractivity contribution in [1.29, 1.82) is 0 Å². The zero-order chi connectivity index (χ0) is 10.8. The van der Waals surface area contributed by atoms with Gasteiger partial charge in [-0.25, -0.2) is 0 Å². The number of ether oxygens (including phenoxy) is 1. The van der Waals surface area contributed by atoms with Crippen LogP contribution in [0.4, 0.5) is 0 Å². The normalized spacial score (nSPS) is 44.2. The molecule has 3 unspecified atom stereocenters. The maximum atomic E-state index is 5.79. The average molecular weight is 212 g/mol. The van der Waals surface area contributed by atoms with E-state index >= 15 is 0 Å².